The molecule has 1 aromatic carbocycles. The summed E-state index contributed by atoms with van der Waals surface area (Å²) in [6, 6.07) is 4.47. The zero-order valence-electron chi connectivity index (χ0n) is 12.3. The normalized spacial score (nSPS) is 14.4. The second-order valence-corrected chi connectivity index (χ2v) is 5.37. The molecule has 0 aromatic heterocycles. The number of hydrogen-bond donors (Lipinski definition) is 2. The molecule has 0 bridgehead atoms. The van der Waals surface area contributed by atoms with Gasteiger partial charge in [0, 0.05) is 6.42 Å². The maximum Gasteiger partial charge on any atom is 0.416 e. The molecule has 22 heavy (non-hydrogen) atoms. The number of halogens is 3. The lowest BCUT2D eigenvalue weighted by molar-refractivity contribution is -0.138. The molecule has 4 nitrogen and oxygen atoms in total. The van der Waals surface area contributed by atoms with E-state index < -0.39 is 17.7 Å². The third-order valence-electron chi connectivity index (χ3n) is 3.25. The van der Waals surface area contributed by atoms with Gasteiger partial charge >= 0.3 is 12.1 Å². The van der Waals surface area contributed by atoms with E-state index in [4.69, 9.17) is 15.6 Å². The monoisotopic (exact) mass is 319 g/mol. The zero-order valence-corrected chi connectivity index (χ0v) is 12.3. The van der Waals surface area contributed by atoms with Crippen molar-refractivity contribution in [2.75, 3.05) is 13.2 Å². The summed E-state index contributed by atoms with van der Waals surface area (Å²) < 4.78 is 42.7. The number of benzene rings is 1. The maximum atomic E-state index is 12.4. The van der Waals surface area contributed by atoms with Gasteiger partial charge < -0.3 is 15.6 Å². The fraction of sp³-hybridized carbons (Fsp3) is 0.533. The highest BCUT2D eigenvalue weighted by atomic mass is 19.4. The van der Waals surface area contributed by atoms with Gasteiger partial charge in [-0.25, -0.2) is 0 Å². The number of carboxylic acids is 1. The van der Waals surface area contributed by atoms with Crippen LogP contribution in [0.25, 0.3) is 0 Å². The third-order valence-corrected chi connectivity index (χ3v) is 3.25. The van der Waals surface area contributed by atoms with Crippen molar-refractivity contribution in [3.05, 3.63) is 29.8 Å². The van der Waals surface area contributed by atoms with Crippen LogP contribution in [0.15, 0.2) is 24.3 Å². The predicted octanol–water partition coefficient (Wildman–Crippen LogP) is 3.16. The number of hydrogen-bond acceptors (Lipinski definition) is 3. The lowest BCUT2D eigenvalue weighted by Crippen LogP contribution is -2.22. The Hall–Kier alpha value is -1.76. The van der Waals surface area contributed by atoms with Crippen LogP contribution in [0, 0.1) is 11.8 Å². The van der Waals surface area contributed by atoms with Gasteiger partial charge in [-0.1, -0.05) is 6.92 Å². The van der Waals surface area contributed by atoms with Gasteiger partial charge in [0.1, 0.15) is 5.75 Å². The van der Waals surface area contributed by atoms with Crippen molar-refractivity contribution >= 4 is 5.97 Å². The van der Waals surface area contributed by atoms with Gasteiger partial charge in [0.15, 0.2) is 0 Å². The Labute approximate surface area is 127 Å². The van der Waals surface area contributed by atoms with E-state index in [-0.39, 0.29) is 24.8 Å². The van der Waals surface area contributed by atoms with Crippen LogP contribution >= 0.6 is 0 Å². The van der Waals surface area contributed by atoms with Crippen molar-refractivity contribution in [2.45, 2.75) is 25.9 Å². The van der Waals surface area contributed by atoms with E-state index in [2.05, 4.69) is 0 Å². The molecule has 2 atom stereocenters. The average Bonchev–Trinajstić information content (AvgIpc) is 2.43. The van der Waals surface area contributed by atoms with Crippen LogP contribution in [0.2, 0.25) is 0 Å². The Morgan fingerprint density at radius 1 is 1.32 bits per heavy atom. The van der Waals surface area contributed by atoms with Crippen molar-refractivity contribution in [2.24, 2.45) is 17.6 Å². The first-order chi connectivity index (χ1) is 10.2. The van der Waals surface area contributed by atoms with Crippen LogP contribution in [-0.2, 0) is 11.0 Å². The van der Waals surface area contributed by atoms with E-state index in [1.54, 1.807) is 0 Å². The Kier molecular flexibility index (Phi) is 6.67. The van der Waals surface area contributed by atoms with Gasteiger partial charge in [-0.3, -0.25) is 4.79 Å². The first kappa shape index (κ1) is 18.3. The summed E-state index contributed by atoms with van der Waals surface area (Å²) in [4.78, 5) is 10.7. The second-order valence-electron chi connectivity index (χ2n) is 5.37. The molecule has 0 unspecified atom stereocenters. The molecule has 0 amide bonds. The molecule has 0 spiro atoms. The van der Waals surface area contributed by atoms with Gasteiger partial charge in [-0.05, 0) is 49.1 Å². The molecule has 124 valence electrons. The smallest absolute Gasteiger partial charge is 0.416 e. The number of carbonyl (C=O) groups is 1. The molecule has 0 saturated carbocycles. The van der Waals surface area contributed by atoms with Crippen molar-refractivity contribution in [3.63, 3.8) is 0 Å². The second kappa shape index (κ2) is 8.03. The summed E-state index contributed by atoms with van der Waals surface area (Å²) in [6.07, 6.45) is -3.78. The minimum atomic E-state index is -4.36. The van der Waals surface area contributed by atoms with Gasteiger partial charge in [0.05, 0.1) is 12.2 Å². The van der Waals surface area contributed by atoms with Gasteiger partial charge in [-0.2, -0.15) is 13.2 Å². The Balaban J connectivity index is 2.46. The number of aliphatic carboxylic acids is 1. The number of carboxylic acid groups (broad SMARTS) is 1. The fourth-order valence-electron chi connectivity index (χ4n) is 2.13. The van der Waals surface area contributed by atoms with Crippen LogP contribution in [0.1, 0.15) is 25.3 Å². The molecule has 1 rings (SSSR count). The number of rotatable bonds is 8. The average molecular weight is 319 g/mol. The molecular formula is C15H20F3NO3. The molecule has 0 saturated heterocycles. The van der Waals surface area contributed by atoms with E-state index in [1.165, 1.54) is 12.1 Å². The predicted molar refractivity (Wildman–Crippen MR) is 75.5 cm³/mol. The van der Waals surface area contributed by atoms with Crippen LogP contribution in [-0.4, -0.2) is 24.2 Å². The van der Waals surface area contributed by atoms with Crippen molar-refractivity contribution in [3.8, 4) is 5.75 Å². The van der Waals surface area contributed by atoms with E-state index >= 15 is 0 Å². The van der Waals surface area contributed by atoms with Gasteiger partial charge in [0.25, 0.3) is 0 Å². The summed E-state index contributed by atoms with van der Waals surface area (Å²) >= 11 is 0. The van der Waals surface area contributed by atoms with Crippen LogP contribution in [0.4, 0.5) is 13.2 Å². The van der Waals surface area contributed by atoms with Gasteiger partial charge in [0.2, 0.25) is 0 Å². The van der Waals surface area contributed by atoms with E-state index in [0.29, 0.717) is 18.8 Å². The summed E-state index contributed by atoms with van der Waals surface area (Å²) in [5, 5.41) is 8.75. The van der Waals surface area contributed by atoms with E-state index in [0.717, 1.165) is 12.1 Å². The quantitative estimate of drug-likeness (QED) is 0.772. The molecule has 7 heteroatoms. The molecule has 1 aromatic rings. The van der Waals surface area contributed by atoms with Crippen molar-refractivity contribution in [1.82, 2.24) is 0 Å². The van der Waals surface area contributed by atoms with Crippen LogP contribution in [0.5, 0.6) is 5.75 Å². The first-order valence-corrected chi connectivity index (χ1v) is 6.94. The van der Waals surface area contributed by atoms with Crippen molar-refractivity contribution < 1.29 is 27.8 Å². The van der Waals surface area contributed by atoms with Crippen LogP contribution in [0.3, 0.4) is 0 Å². The summed E-state index contributed by atoms with van der Waals surface area (Å²) in [7, 11) is 0. The highest BCUT2D eigenvalue weighted by Crippen LogP contribution is 2.30. The third kappa shape index (κ3) is 6.34. The minimum absolute atomic E-state index is 0.00111. The summed E-state index contributed by atoms with van der Waals surface area (Å²) in [6.45, 7) is 2.45. The maximum absolute atomic E-state index is 12.4. The number of ether oxygens (including phenoxy) is 1. The largest absolute Gasteiger partial charge is 0.493 e. The SMILES string of the molecule is C[C@H](COc1ccc(C(F)(F)F)cc1)C[C@H](CN)CC(=O)O. The van der Waals surface area contributed by atoms with E-state index in [1.807, 2.05) is 6.92 Å². The molecule has 0 heterocycles. The summed E-state index contributed by atoms with van der Waals surface area (Å²) in [5.74, 6) is -0.632. The Bertz CT molecular complexity index is 474. The number of alkyl halides is 3. The van der Waals surface area contributed by atoms with Crippen LogP contribution < -0.4 is 10.5 Å². The molecule has 0 fully saturated rings. The molecule has 0 aliphatic rings. The molecule has 3 N–H and O–H groups in total. The number of nitrogens with two attached hydrogens (primary N) is 1. The summed E-state index contributed by atoms with van der Waals surface area (Å²) in [5.41, 5.74) is 4.80. The lowest BCUT2D eigenvalue weighted by Gasteiger charge is -2.18. The van der Waals surface area contributed by atoms with E-state index in [9.17, 15) is 18.0 Å². The molecular weight excluding hydrogens is 299 g/mol. The Morgan fingerprint density at radius 2 is 1.91 bits per heavy atom. The molecule has 0 radical (unpaired) electrons. The molecule has 0 aliphatic carbocycles. The zero-order chi connectivity index (χ0) is 16.8. The topological polar surface area (TPSA) is 72.5 Å². The first-order valence-electron chi connectivity index (χ1n) is 6.94. The van der Waals surface area contributed by atoms with Crippen molar-refractivity contribution in [1.29, 1.82) is 0 Å². The fourth-order valence-corrected chi connectivity index (χ4v) is 2.13. The highest BCUT2D eigenvalue weighted by molar-refractivity contribution is 5.67. The standard InChI is InChI=1S/C15H20F3NO3/c1-10(6-11(8-19)7-14(20)21)9-22-13-4-2-12(3-5-13)15(16,17)18/h2-5,10-11H,6-9,19H2,1H3,(H,20,21)/t10-,11-/m0/s1. The lowest BCUT2D eigenvalue weighted by atomic mass is 9.93. The van der Waals surface area contributed by atoms with Gasteiger partial charge in [-0.15, -0.1) is 0 Å². The molecule has 0 aliphatic heterocycles. The Morgan fingerprint density at radius 3 is 2.36 bits per heavy atom. The minimum Gasteiger partial charge on any atom is -0.493 e. The highest BCUT2D eigenvalue weighted by Gasteiger charge is 2.30.